The second-order valence-electron chi connectivity index (χ2n) is 5.73. The Hall–Kier alpha value is -2.66. The number of fused-ring (bicyclic) bond motifs is 1. The Labute approximate surface area is 139 Å². The highest BCUT2D eigenvalue weighted by Crippen LogP contribution is 2.22. The van der Waals surface area contributed by atoms with Gasteiger partial charge in [0.15, 0.2) is 0 Å². The molecule has 124 valence electrons. The molecule has 0 unspecified atom stereocenters. The summed E-state index contributed by atoms with van der Waals surface area (Å²) in [6.45, 7) is 1.20. The predicted molar refractivity (Wildman–Crippen MR) is 91.7 cm³/mol. The number of rotatable bonds is 5. The molecule has 0 amide bonds. The summed E-state index contributed by atoms with van der Waals surface area (Å²) in [7, 11) is 3.92. The molecule has 0 bridgehead atoms. The van der Waals surface area contributed by atoms with E-state index >= 15 is 0 Å². The Kier molecular flexibility index (Phi) is 4.91. The smallest absolute Gasteiger partial charge is 0.137 e. The Balaban J connectivity index is 2.07. The van der Waals surface area contributed by atoms with Gasteiger partial charge in [-0.1, -0.05) is 35.5 Å². The first kappa shape index (κ1) is 16.2. The van der Waals surface area contributed by atoms with Crippen molar-refractivity contribution in [3.8, 4) is 11.3 Å². The molecule has 0 atom stereocenters. The summed E-state index contributed by atoms with van der Waals surface area (Å²) in [5.41, 5.74) is 1.49. The Morgan fingerprint density at radius 1 is 1.08 bits per heavy atom. The van der Waals surface area contributed by atoms with E-state index in [1.165, 1.54) is 12.1 Å². The molecular formula is C19H19FN2O2. The van der Waals surface area contributed by atoms with Crippen LogP contribution in [0, 0.1) is 5.82 Å². The SMILES string of the molecule is CN(C)CCO/N=c1/cc(-c2ccccc2)oc2ccc(F)cc12. The average molecular weight is 326 g/mol. The first-order valence-electron chi connectivity index (χ1n) is 7.73. The van der Waals surface area contributed by atoms with Gasteiger partial charge in [-0.15, -0.1) is 0 Å². The first-order chi connectivity index (χ1) is 11.6. The maximum atomic E-state index is 13.6. The monoisotopic (exact) mass is 326 g/mol. The molecule has 0 radical (unpaired) electrons. The molecule has 0 saturated heterocycles. The Bertz CT molecular complexity index is 889. The van der Waals surface area contributed by atoms with Gasteiger partial charge in [0.05, 0.1) is 0 Å². The van der Waals surface area contributed by atoms with Crippen molar-refractivity contribution in [2.45, 2.75) is 0 Å². The van der Waals surface area contributed by atoms with Crippen LogP contribution in [0.15, 0.2) is 64.2 Å². The van der Waals surface area contributed by atoms with Crippen molar-refractivity contribution in [1.82, 2.24) is 4.90 Å². The second-order valence-corrected chi connectivity index (χ2v) is 5.73. The molecule has 1 aromatic heterocycles. The molecular weight excluding hydrogens is 307 g/mol. The van der Waals surface area contributed by atoms with E-state index in [-0.39, 0.29) is 5.82 Å². The van der Waals surface area contributed by atoms with Crippen LogP contribution in [0.5, 0.6) is 0 Å². The summed E-state index contributed by atoms with van der Waals surface area (Å²) >= 11 is 0. The quantitative estimate of drug-likeness (QED) is 0.531. The van der Waals surface area contributed by atoms with Crippen molar-refractivity contribution in [2.24, 2.45) is 5.16 Å². The van der Waals surface area contributed by atoms with E-state index in [4.69, 9.17) is 9.25 Å². The molecule has 0 aliphatic heterocycles. The third-order valence-electron chi connectivity index (χ3n) is 3.56. The average Bonchev–Trinajstić information content (AvgIpc) is 2.59. The minimum absolute atomic E-state index is 0.338. The van der Waals surface area contributed by atoms with Crippen molar-refractivity contribution in [1.29, 1.82) is 0 Å². The summed E-state index contributed by atoms with van der Waals surface area (Å²) in [5.74, 6) is 0.319. The van der Waals surface area contributed by atoms with E-state index in [0.717, 1.165) is 12.1 Å². The lowest BCUT2D eigenvalue weighted by Crippen LogP contribution is -2.17. The third kappa shape index (κ3) is 3.81. The lowest BCUT2D eigenvalue weighted by Gasteiger charge is -2.08. The first-order valence-corrected chi connectivity index (χ1v) is 7.73. The minimum Gasteiger partial charge on any atom is -0.456 e. The maximum absolute atomic E-state index is 13.6. The normalized spacial score (nSPS) is 12.1. The highest BCUT2D eigenvalue weighted by molar-refractivity contribution is 5.78. The van der Waals surface area contributed by atoms with Gasteiger partial charge in [-0.2, -0.15) is 0 Å². The van der Waals surface area contributed by atoms with Crippen LogP contribution in [0.25, 0.3) is 22.3 Å². The van der Waals surface area contributed by atoms with Gasteiger partial charge < -0.3 is 14.2 Å². The fourth-order valence-corrected chi connectivity index (χ4v) is 2.30. The number of halogens is 1. The van der Waals surface area contributed by atoms with Crippen molar-refractivity contribution in [2.75, 3.05) is 27.2 Å². The van der Waals surface area contributed by atoms with Gasteiger partial charge >= 0.3 is 0 Å². The molecule has 0 fully saturated rings. The molecule has 0 aliphatic carbocycles. The number of benzene rings is 2. The highest BCUT2D eigenvalue weighted by Gasteiger charge is 2.07. The third-order valence-corrected chi connectivity index (χ3v) is 3.56. The fourth-order valence-electron chi connectivity index (χ4n) is 2.30. The van der Waals surface area contributed by atoms with Crippen LogP contribution in [-0.2, 0) is 4.84 Å². The van der Waals surface area contributed by atoms with Crippen LogP contribution < -0.4 is 5.36 Å². The molecule has 4 nitrogen and oxygen atoms in total. The van der Waals surface area contributed by atoms with E-state index in [0.29, 0.717) is 28.7 Å². The highest BCUT2D eigenvalue weighted by atomic mass is 19.1. The zero-order valence-electron chi connectivity index (χ0n) is 13.7. The van der Waals surface area contributed by atoms with Crippen LogP contribution in [0.3, 0.4) is 0 Å². The zero-order valence-corrected chi connectivity index (χ0v) is 13.7. The molecule has 24 heavy (non-hydrogen) atoms. The van der Waals surface area contributed by atoms with Crippen LogP contribution in [0.1, 0.15) is 0 Å². The minimum atomic E-state index is -0.338. The summed E-state index contributed by atoms with van der Waals surface area (Å²) in [4.78, 5) is 7.39. The molecule has 0 N–H and O–H groups in total. The summed E-state index contributed by atoms with van der Waals surface area (Å²) < 4.78 is 19.5. The maximum Gasteiger partial charge on any atom is 0.137 e. The van der Waals surface area contributed by atoms with E-state index in [2.05, 4.69) is 5.16 Å². The van der Waals surface area contributed by atoms with E-state index in [9.17, 15) is 4.39 Å². The van der Waals surface area contributed by atoms with Crippen molar-refractivity contribution in [3.63, 3.8) is 0 Å². The molecule has 0 saturated carbocycles. The molecule has 5 heteroatoms. The van der Waals surface area contributed by atoms with Crippen molar-refractivity contribution < 1.29 is 13.6 Å². The molecule has 0 aliphatic rings. The summed E-state index contributed by atoms with van der Waals surface area (Å²) in [6.07, 6.45) is 0. The van der Waals surface area contributed by atoms with Crippen LogP contribution in [0.2, 0.25) is 0 Å². The van der Waals surface area contributed by atoms with Crippen LogP contribution >= 0.6 is 0 Å². The van der Waals surface area contributed by atoms with E-state index in [1.54, 1.807) is 12.1 Å². The standard InChI is InChI=1S/C19H19FN2O2/c1-22(2)10-11-23-21-17-13-19(14-6-4-3-5-7-14)24-18-9-8-15(20)12-16(17)18/h3-9,12-13H,10-11H2,1-2H3/b21-17-. The lowest BCUT2D eigenvalue weighted by atomic mass is 10.1. The second kappa shape index (κ2) is 7.27. The van der Waals surface area contributed by atoms with Crippen LogP contribution in [0.4, 0.5) is 4.39 Å². The summed E-state index contributed by atoms with van der Waals surface area (Å²) in [5, 5.41) is 5.31. The molecule has 1 heterocycles. The van der Waals surface area contributed by atoms with Gasteiger partial charge in [0, 0.05) is 23.6 Å². The van der Waals surface area contributed by atoms with E-state index in [1.807, 2.05) is 49.3 Å². The Morgan fingerprint density at radius 3 is 2.62 bits per heavy atom. The van der Waals surface area contributed by atoms with Gasteiger partial charge in [-0.3, -0.25) is 0 Å². The number of likely N-dealkylation sites (N-methyl/N-ethyl adjacent to an activating group) is 1. The van der Waals surface area contributed by atoms with Gasteiger partial charge in [0.25, 0.3) is 0 Å². The van der Waals surface area contributed by atoms with Gasteiger partial charge in [-0.05, 0) is 32.3 Å². The number of hydrogen-bond acceptors (Lipinski definition) is 4. The molecule has 0 spiro atoms. The van der Waals surface area contributed by atoms with Crippen LogP contribution in [-0.4, -0.2) is 32.1 Å². The molecule has 2 aromatic carbocycles. The fraction of sp³-hybridized carbons (Fsp3) is 0.211. The zero-order chi connectivity index (χ0) is 16.9. The van der Waals surface area contributed by atoms with Gasteiger partial charge in [-0.25, -0.2) is 4.39 Å². The number of hydrogen-bond donors (Lipinski definition) is 0. The molecule has 3 rings (SSSR count). The van der Waals surface area contributed by atoms with Gasteiger partial charge in [0.1, 0.15) is 29.1 Å². The molecule has 3 aromatic rings. The van der Waals surface area contributed by atoms with Gasteiger partial charge in [0.2, 0.25) is 0 Å². The number of nitrogens with zero attached hydrogens (tertiary/aromatic N) is 2. The van der Waals surface area contributed by atoms with Crippen molar-refractivity contribution in [3.05, 3.63) is 65.8 Å². The largest absolute Gasteiger partial charge is 0.456 e. The predicted octanol–water partition coefficient (Wildman–Crippen LogP) is 3.63. The summed E-state index contributed by atoms with van der Waals surface area (Å²) in [6, 6.07) is 15.9. The van der Waals surface area contributed by atoms with Crippen molar-refractivity contribution >= 4 is 11.0 Å². The Morgan fingerprint density at radius 2 is 1.88 bits per heavy atom. The lowest BCUT2D eigenvalue weighted by molar-refractivity contribution is 0.117. The van der Waals surface area contributed by atoms with E-state index < -0.39 is 0 Å². The topological polar surface area (TPSA) is 38.0 Å².